The van der Waals surface area contributed by atoms with Gasteiger partial charge in [0.1, 0.15) is 11.9 Å². The van der Waals surface area contributed by atoms with Crippen LogP contribution in [0.4, 0.5) is 4.39 Å². The molecular weight excluding hydrogens is 259 g/mol. The zero-order valence-corrected chi connectivity index (χ0v) is 12.0. The van der Waals surface area contributed by atoms with E-state index in [-0.39, 0.29) is 11.5 Å². The summed E-state index contributed by atoms with van der Waals surface area (Å²) in [5.41, 5.74) is 0.868. The first-order valence-electron chi connectivity index (χ1n) is 6.70. The maximum atomic E-state index is 13.8. The van der Waals surface area contributed by atoms with Crippen LogP contribution in [0.5, 0.6) is 0 Å². The van der Waals surface area contributed by atoms with Crippen molar-refractivity contribution in [3.8, 4) is 0 Å². The number of halogens is 1. The van der Waals surface area contributed by atoms with E-state index in [4.69, 9.17) is 0 Å². The van der Waals surface area contributed by atoms with E-state index in [0.717, 1.165) is 12.0 Å². The zero-order chi connectivity index (χ0) is 14.9. The smallest absolute Gasteiger partial charge is 0.257 e. The van der Waals surface area contributed by atoms with E-state index < -0.39 is 17.8 Å². The van der Waals surface area contributed by atoms with E-state index in [1.165, 1.54) is 21.9 Å². The summed E-state index contributed by atoms with van der Waals surface area (Å²) in [7, 11) is 3.33. The SMILES string of the molecule is Cc1ccc(F)c(C(=O)N2CCCC2C(=O)N(C)C)c1. The second-order valence-corrected chi connectivity index (χ2v) is 5.37. The van der Waals surface area contributed by atoms with Crippen LogP contribution in [0, 0.1) is 12.7 Å². The van der Waals surface area contributed by atoms with Crippen LogP contribution in [0.2, 0.25) is 0 Å². The molecule has 2 amide bonds. The third kappa shape index (κ3) is 2.66. The molecule has 4 nitrogen and oxygen atoms in total. The molecule has 0 aromatic heterocycles. The lowest BCUT2D eigenvalue weighted by Gasteiger charge is -2.26. The Morgan fingerprint density at radius 1 is 1.35 bits per heavy atom. The number of likely N-dealkylation sites (N-methyl/N-ethyl adjacent to an activating group) is 1. The fourth-order valence-electron chi connectivity index (χ4n) is 2.52. The van der Waals surface area contributed by atoms with Crippen molar-refractivity contribution >= 4 is 11.8 Å². The Labute approximate surface area is 118 Å². The highest BCUT2D eigenvalue weighted by Gasteiger charge is 2.36. The maximum Gasteiger partial charge on any atom is 0.257 e. The fourth-order valence-corrected chi connectivity index (χ4v) is 2.52. The number of carbonyl (C=O) groups excluding carboxylic acids is 2. The number of carbonyl (C=O) groups is 2. The molecule has 0 aliphatic carbocycles. The summed E-state index contributed by atoms with van der Waals surface area (Å²) in [6.07, 6.45) is 1.40. The lowest BCUT2D eigenvalue weighted by molar-refractivity contribution is -0.132. The van der Waals surface area contributed by atoms with Gasteiger partial charge in [-0.2, -0.15) is 0 Å². The third-order valence-electron chi connectivity index (χ3n) is 3.59. The van der Waals surface area contributed by atoms with Gasteiger partial charge in [0.05, 0.1) is 5.56 Å². The second-order valence-electron chi connectivity index (χ2n) is 5.37. The van der Waals surface area contributed by atoms with Gasteiger partial charge in [0.15, 0.2) is 0 Å². The zero-order valence-electron chi connectivity index (χ0n) is 12.0. The molecule has 1 aromatic rings. The molecule has 20 heavy (non-hydrogen) atoms. The molecule has 0 N–H and O–H groups in total. The first-order valence-corrected chi connectivity index (χ1v) is 6.70. The normalized spacial score (nSPS) is 18.2. The molecule has 1 aromatic carbocycles. The summed E-state index contributed by atoms with van der Waals surface area (Å²) in [6, 6.07) is 3.98. The second kappa shape index (κ2) is 5.61. The molecular formula is C15H19FN2O2. The Kier molecular flexibility index (Phi) is 4.06. The topological polar surface area (TPSA) is 40.6 Å². The minimum absolute atomic E-state index is 0.0449. The average molecular weight is 278 g/mol. The molecule has 108 valence electrons. The standard InChI is InChI=1S/C15H19FN2O2/c1-10-6-7-12(16)11(9-10)14(19)18-8-4-5-13(18)15(20)17(2)3/h6-7,9,13H,4-5,8H2,1-3H3. The summed E-state index contributed by atoms with van der Waals surface area (Å²) in [4.78, 5) is 27.5. The van der Waals surface area contributed by atoms with E-state index in [0.29, 0.717) is 13.0 Å². The summed E-state index contributed by atoms with van der Waals surface area (Å²) in [5, 5.41) is 0. The van der Waals surface area contributed by atoms with Crippen LogP contribution in [-0.2, 0) is 4.79 Å². The number of hydrogen-bond donors (Lipinski definition) is 0. The van der Waals surface area contributed by atoms with Crippen molar-refractivity contribution in [3.05, 3.63) is 35.1 Å². The number of aryl methyl sites for hydroxylation is 1. The van der Waals surface area contributed by atoms with Crippen molar-refractivity contribution in [2.75, 3.05) is 20.6 Å². The molecule has 1 saturated heterocycles. The van der Waals surface area contributed by atoms with Crippen LogP contribution < -0.4 is 0 Å². The van der Waals surface area contributed by atoms with Gasteiger partial charge in [-0.3, -0.25) is 9.59 Å². The molecule has 2 rings (SSSR count). The van der Waals surface area contributed by atoms with Gasteiger partial charge in [0.2, 0.25) is 5.91 Å². The molecule has 1 heterocycles. The largest absolute Gasteiger partial charge is 0.347 e. The van der Waals surface area contributed by atoms with E-state index in [9.17, 15) is 14.0 Å². The number of rotatable bonds is 2. The average Bonchev–Trinajstić information content (AvgIpc) is 2.88. The molecule has 1 fully saturated rings. The highest BCUT2D eigenvalue weighted by atomic mass is 19.1. The third-order valence-corrected chi connectivity index (χ3v) is 3.59. The van der Waals surface area contributed by atoms with E-state index in [1.54, 1.807) is 20.2 Å². The predicted octanol–water partition coefficient (Wildman–Crippen LogP) is 1.83. The number of nitrogens with zero attached hydrogens (tertiary/aromatic N) is 2. The van der Waals surface area contributed by atoms with E-state index in [2.05, 4.69) is 0 Å². The summed E-state index contributed by atoms with van der Waals surface area (Å²) in [6.45, 7) is 2.30. The lowest BCUT2D eigenvalue weighted by atomic mass is 10.1. The summed E-state index contributed by atoms with van der Waals surface area (Å²) in [5.74, 6) is -1.05. The first kappa shape index (κ1) is 14.5. The van der Waals surface area contributed by atoms with Crippen molar-refractivity contribution in [3.63, 3.8) is 0 Å². The van der Waals surface area contributed by atoms with Crippen LogP contribution in [0.3, 0.4) is 0 Å². The van der Waals surface area contributed by atoms with Crippen molar-refractivity contribution in [2.24, 2.45) is 0 Å². The number of benzene rings is 1. The van der Waals surface area contributed by atoms with Gasteiger partial charge >= 0.3 is 0 Å². The van der Waals surface area contributed by atoms with Gasteiger partial charge in [-0.05, 0) is 31.9 Å². The Morgan fingerprint density at radius 2 is 2.05 bits per heavy atom. The van der Waals surface area contributed by atoms with Gasteiger partial charge in [-0.25, -0.2) is 4.39 Å². The van der Waals surface area contributed by atoms with Gasteiger partial charge < -0.3 is 9.80 Å². The van der Waals surface area contributed by atoms with Crippen LogP contribution in [0.1, 0.15) is 28.8 Å². The number of likely N-dealkylation sites (tertiary alicyclic amines) is 1. The van der Waals surface area contributed by atoms with Crippen molar-refractivity contribution in [1.82, 2.24) is 9.80 Å². The Morgan fingerprint density at radius 3 is 2.70 bits per heavy atom. The van der Waals surface area contributed by atoms with Crippen molar-refractivity contribution in [1.29, 1.82) is 0 Å². The molecule has 1 aliphatic rings. The molecule has 1 unspecified atom stereocenters. The number of amides is 2. The molecule has 1 atom stereocenters. The summed E-state index contributed by atoms with van der Waals surface area (Å²) < 4.78 is 13.8. The molecule has 0 bridgehead atoms. The number of hydrogen-bond acceptors (Lipinski definition) is 2. The van der Waals surface area contributed by atoms with Crippen LogP contribution in [-0.4, -0.2) is 48.3 Å². The van der Waals surface area contributed by atoms with Gasteiger partial charge in [0.25, 0.3) is 5.91 Å². The Balaban J connectivity index is 2.28. The lowest BCUT2D eigenvalue weighted by Crippen LogP contribution is -2.45. The molecule has 0 saturated carbocycles. The predicted molar refractivity (Wildman–Crippen MR) is 73.9 cm³/mol. The Bertz CT molecular complexity index is 543. The minimum atomic E-state index is -0.538. The highest BCUT2D eigenvalue weighted by molar-refractivity contribution is 5.98. The summed E-state index contributed by atoms with van der Waals surface area (Å²) >= 11 is 0. The van der Waals surface area contributed by atoms with Crippen molar-refractivity contribution < 1.29 is 14.0 Å². The van der Waals surface area contributed by atoms with Gasteiger partial charge in [0, 0.05) is 20.6 Å². The van der Waals surface area contributed by atoms with Crippen LogP contribution in [0.15, 0.2) is 18.2 Å². The minimum Gasteiger partial charge on any atom is -0.347 e. The molecule has 1 aliphatic heterocycles. The van der Waals surface area contributed by atoms with E-state index >= 15 is 0 Å². The highest BCUT2D eigenvalue weighted by Crippen LogP contribution is 2.23. The fraction of sp³-hybridized carbons (Fsp3) is 0.467. The van der Waals surface area contributed by atoms with Gasteiger partial charge in [-0.1, -0.05) is 11.6 Å². The van der Waals surface area contributed by atoms with Crippen LogP contribution in [0.25, 0.3) is 0 Å². The Hall–Kier alpha value is -1.91. The first-order chi connectivity index (χ1) is 9.41. The quantitative estimate of drug-likeness (QED) is 0.828. The monoisotopic (exact) mass is 278 g/mol. The molecule has 0 radical (unpaired) electrons. The molecule has 0 spiro atoms. The van der Waals surface area contributed by atoms with Gasteiger partial charge in [-0.15, -0.1) is 0 Å². The van der Waals surface area contributed by atoms with Crippen LogP contribution >= 0.6 is 0 Å². The maximum absolute atomic E-state index is 13.8. The van der Waals surface area contributed by atoms with Crippen molar-refractivity contribution in [2.45, 2.75) is 25.8 Å². The van der Waals surface area contributed by atoms with E-state index in [1.807, 2.05) is 6.92 Å². The molecule has 5 heteroatoms.